The SMILES string of the molecule is CC(C=CC=C(C)C=CC=C(C)CCC=O)=CC=CC=C(C)C=CC=C(C)C=CC1=C(C)CCCC1(C)C. The van der Waals surface area contributed by atoms with Gasteiger partial charge in [0.25, 0.3) is 0 Å². The molecule has 1 nitrogen and oxygen atoms in total. The molecule has 1 heteroatoms. The van der Waals surface area contributed by atoms with Crippen molar-refractivity contribution in [3.63, 3.8) is 0 Å². The van der Waals surface area contributed by atoms with E-state index in [-0.39, 0.29) is 5.41 Å². The van der Waals surface area contributed by atoms with Crippen LogP contribution in [0.4, 0.5) is 0 Å². The number of carbonyl (C=O) groups is 1. The largest absolute Gasteiger partial charge is 0.303 e. The van der Waals surface area contributed by atoms with Gasteiger partial charge in [0.15, 0.2) is 0 Å². The van der Waals surface area contributed by atoms with E-state index in [1.165, 1.54) is 58.3 Å². The summed E-state index contributed by atoms with van der Waals surface area (Å²) in [6.45, 7) is 17.5. The van der Waals surface area contributed by atoms with Crippen molar-refractivity contribution in [1.29, 1.82) is 0 Å². The fraction of sp³-hybridized carbons (Fsp3) is 0.378. The van der Waals surface area contributed by atoms with Gasteiger partial charge in [0.2, 0.25) is 0 Å². The Kier molecular flexibility index (Phi) is 15.7. The molecule has 0 aliphatic heterocycles. The van der Waals surface area contributed by atoms with Crippen LogP contribution in [0.3, 0.4) is 0 Å². The molecule has 0 aromatic rings. The first-order valence-electron chi connectivity index (χ1n) is 13.9. The Balaban J connectivity index is 2.60. The van der Waals surface area contributed by atoms with E-state index >= 15 is 0 Å². The highest BCUT2D eigenvalue weighted by molar-refractivity contribution is 5.49. The Morgan fingerprint density at radius 1 is 0.711 bits per heavy atom. The Morgan fingerprint density at radius 2 is 1.18 bits per heavy atom. The number of aldehydes is 1. The fourth-order valence-corrected chi connectivity index (χ4v) is 4.30. The third-order valence-electron chi connectivity index (χ3n) is 6.72. The van der Waals surface area contributed by atoms with Crippen LogP contribution in [0.25, 0.3) is 0 Å². The quantitative estimate of drug-likeness (QED) is 0.178. The standard InChI is InChI=1S/C37H50O/c1-30(18-11-20-32(3)21-12-22-33(4)24-15-29-38)16-9-10-17-31(2)19-13-23-34(5)26-27-36-35(6)25-14-28-37(36,7)8/h9-13,16-23,26-27,29H,14-15,24-25,28H2,1-8H3. The van der Waals surface area contributed by atoms with Gasteiger partial charge in [-0.1, -0.05) is 138 Å². The molecule has 0 N–H and O–H groups in total. The summed E-state index contributed by atoms with van der Waals surface area (Å²) in [5.74, 6) is 0. The van der Waals surface area contributed by atoms with Crippen LogP contribution >= 0.6 is 0 Å². The molecule has 0 saturated carbocycles. The lowest BCUT2D eigenvalue weighted by Gasteiger charge is -2.32. The second-order valence-corrected chi connectivity index (χ2v) is 11.1. The number of rotatable bonds is 13. The third kappa shape index (κ3) is 14.5. The van der Waals surface area contributed by atoms with Crippen LogP contribution in [0.15, 0.2) is 130 Å². The van der Waals surface area contributed by atoms with E-state index in [1.807, 2.05) is 6.08 Å². The lowest BCUT2D eigenvalue weighted by Crippen LogP contribution is -2.19. The van der Waals surface area contributed by atoms with E-state index < -0.39 is 0 Å². The van der Waals surface area contributed by atoms with E-state index in [1.54, 1.807) is 0 Å². The Morgan fingerprint density at radius 3 is 1.68 bits per heavy atom. The summed E-state index contributed by atoms with van der Waals surface area (Å²) < 4.78 is 0. The fourth-order valence-electron chi connectivity index (χ4n) is 4.30. The molecular formula is C37H50O. The first-order valence-corrected chi connectivity index (χ1v) is 13.9. The van der Waals surface area contributed by atoms with Crippen molar-refractivity contribution in [3.05, 3.63) is 130 Å². The molecule has 0 spiro atoms. The predicted molar refractivity (Wildman–Crippen MR) is 170 cm³/mol. The third-order valence-corrected chi connectivity index (χ3v) is 6.72. The van der Waals surface area contributed by atoms with Crippen LogP contribution in [0, 0.1) is 5.41 Å². The Hall–Kier alpha value is -3.19. The zero-order chi connectivity index (χ0) is 28.4. The van der Waals surface area contributed by atoms with Crippen molar-refractivity contribution >= 4 is 6.29 Å². The summed E-state index contributed by atoms with van der Waals surface area (Å²) in [6.07, 6.45) is 38.1. The van der Waals surface area contributed by atoms with Crippen molar-refractivity contribution in [2.24, 2.45) is 5.41 Å². The molecule has 0 aromatic carbocycles. The number of allylic oxidation sites excluding steroid dienone is 22. The van der Waals surface area contributed by atoms with Crippen molar-refractivity contribution in [1.82, 2.24) is 0 Å². The van der Waals surface area contributed by atoms with E-state index in [2.05, 4.69) is 140 Å². The van der Waals surface area contributed by atoms with Crippen molar-refractivity contribution < 1.29 is 4.79 Å². The normalized spacial score (nSPS) is 18.9. The molecule has 0 aromatic heterocycles. The molecule has 1 rings (SSSR count). The van der Waals surface area contributed by atoms with Gasteiger partial charge in [0.05, 0.1) is 0 Å². The maximum atomic E-state index is 10.4. The summed E-state index contributed by atoms with van der Waals surface area (Å²) in [5, 5.41) is 0. The zero-order valence-corrected chi connectivity index (χ0v) is 25.2. The molecule has 0 radical (unpaired) electrons. The lowest BCUT2D eigenvalue weighted by molar-refractivity contribution is -0.107. The molecule has 0 heterocycles. The number of carbonyl (C=O) groups excluding carboxylic acids is 1. The highest BCUT2D eigenvalue weighted by Crippen LogP contribution is 2.40. The monoisotopic (exact) mass is 510 g/mol. The van der Waals surface area contributed by atoms with E-state index in [4.69, 9.17) is 0 Å². The molecule has 0 amide bonds. The summed E-state index contributed by atoms with van der Waals surface area (Å²) in [5.41, 5.74) is 9.39. The van der Waals surface area contributed by atoms with Gasteiger partial charge in [-0.3, -0.25) is 0 Å². The van der Waals surface area contributed by atoms with Crippen LogP contribution in [-0.4, -0.2) is 6.29 Å². The molecule has 1 aliphatic carbocycles. The second-order valence-electron chi connectivity index (χ2n) is 11.1. The van der Waals surface area contributed by atoms with Gasteiger partial charge in [-0.25, -0.2) is 0 Å². The average molecular weight is 511 g/mol. The maximum Gasteiger partial charge on any atom is 0.120 e. The summed E-state index contributed by atoms with van der Waals surface area (Å²) in [6, 6.07) is 0. The van der Waals surface area contributed by atoms with Crippen LogP contribution in [0.1, 0.15) is 87.5 Å². The van der Waals surface area contributed by atoms with Gasteiger partial charge in [-0.2, -0.15) is 0 Å². The molecule has 38 heavy (non-hydrogen) atoms. The van der Waals surface area contributed by atoms with Crippen molar-refractivity contribution in [2.45, 2.75) is 87.5 Å². The van der Waals surface area contributed by atoms with Gasteiger partial charge in [0, 0.05) is 6.42 Å². The average Bonchev–Trinajstić information content (AvgIpc) is 2.84. The zero-order valence-electron chi connectivity index (χ0n) is 25.2. The van der Waals surface area contributed by atoms with Crippen molar-refractivity contribution in [2.75, 3.05) is 0 Å². The number of hydrogen-bond donors (Lipinski definition) is 0. The highest BCUT2D eigenvalue weighted by atomic mass is 16.1. The minimum absolute atomic E-state index is 0.284. The van der Waals surface area contributed by atoms with Crippen molar-refractivity contribution in [3.8, 4) is 0 Å². The van der Waals surface area contributed by atoms with E-state index in [0.717, 1.165) is 12.7 Å². The summed E-state index contributed by atoms with van der Waals surface area (Å²) in [4.78, 5) is 10.4. The summed E-state index contributed by atoms with van der Waals surface area (Å²) >= 11 is 0. The van der Waals surface area contributed by atoms with Gasteiger partial charge in [-0.05, 0) is 78.2 Å². The van der Waals surface area contributed by atoms with E-state index in [0.29, 0.717) is 6.42 Å². The molecule has 0 saturated heterocycles. The first-order chi connectivity index (χ1) is 18.0. The second kappa shape index (κ2) is 18.1. The molecule has 0 bridgehead atoms. The molecule has 0 atom stereocenters. The van der Waals surface area contributed by atoms with Gasteiger partial charge >= 0.3 is 0 Å². The molecule has 1 aliphatic rings. The smallest absolute Gasteiger partial charge is 0.120 e. The first kappa shape index (κ1) is 32.8. The maximum absolute atomic E-state index is 10.4. The van der Waals surface area contributed by atoms with Crippen LogP contribution in [-0.2, 0) is 4.79 Å². The molecule has 204 valence electrons. The molecular weight excluding hydrogens is 460 g/mol. The summed E-state index contributed by atoms with van der Waals surface area (Å²) in [7, 11) is 0. The lowest BCUT2D eigenvalue weighted by atomic mass is 9.72. The van der Waals surface area contributed by atoms with E-state index in [9.17, 15) is 4.79 Å². The van der Waals surface area contributed by atoms with Gasteiger partial charge in [0.1, 0.15) is 6.29 Å². The predicted octanol–water partition coefficient (Wildman–Crippen LogP) is 11.0. The van der Waals surface area contributed by atoms with Crippen LogP contribution in [0.5, 0.6) is 0 Å². The minimum Gasteiger partial charge on any atom is -0.303 e. The van der Waals surface area contributed by atoms with Gasteiger partial charge < -0.3 is 4.79 Å². The Labute approximate surface area is 233 Å². The van der Waals surface area contributed by atoms with Crippen LogP contribution < -0.4 is 0 Å². The van der Waals surface area contributed by atoms with Gasteiger partial charge in [-0.15, -0.1) is 0 Å². The minimum atomic E-state index is 0.284. The molecule has 0 fully saturated rings. The topological polar surface area (TPSA) is 17.1 Å². The highest BCUT2D eigenvalue weighted by Gasteiger charge is 2.26. The Bertz CT molecular complexity index is 1110. The molecule has 0 unspecified atom stereocenters. The van der Waals surface area contributed by atoms with Crippen LogP contribution in [0.2, 0.25) is 0 Å². The number of hydrogen-bond acceptors (Lipinski definition) is 1.